The van der Waals surface area contributed by atoms with Gasteiger partial charge in [-0.05, 0) is 48.0 Å². The van der Waals surface area contributed by atoms with E-state index in [4.69, 9.17) is 23.2 Å². The molecule has 2 aromatic heterocycles. The van der Waals surface area contributed by atoms with E-state index in [2.05, 4.69) is 15.0 Å². The summed E-state index contributed by atoms with van der Waals surface area (Å²) in [6.45, 7) is 0. The number of fused-ring (bicyclic) bond motifs is 2. The first-order valence-electron chi connectivity index (χ1n) is 9.39. The molecule has 0 aliphatic heterocycles. The predicted molar refractivity (Wildman–Crippen MR) is 121 cm³/mol. The molecule has 0 amide bonds. The molecule has 0 saturated carbocycles. The van der Waals surface area contributed by atoms with Gasteiger partial charge in [0.25, 0.3) is 0 Å². The van der Waals surface area contributed by atoms with Crippen LogP contribution in [0.15, 0.2) is 72.9 Å². The van der Waals surface area contributed by atoms with Gasteiger partial charge in [0.1, 0.15) is 5.82 Å². The highest BCUT2D eigenvalue weighted by Gasteiger charge is 2.15. The van der Waals surface area contributed by atoms with Gasteiger partial charge in [0.2, 0.25) is 0 Å². The fourth-order valence-corrected chi connectivity index (χ4v) is 4.10. The predicted octanol–water partition coefficient (Wildman–Crippen LogP) is 6.51. The lowest BCUT2D eigenvalue weighted by Gasteiger charge is -2.04. The third kappa shape index (κ3) is 3.45. The number of H-pyrrole nitrogens is 1. The lowest BCUT2D eigenvalue weighted by atomic mass is 10.0. The average Bonchev–Trinajstić information content (AvgIpc) is 3.16. The monoisotopic (exact) mass is 431 g/mol. The number of Topliss-reactive ketones (excluding diaryl/α,β-unsaturated/α-hetero) is 1. The van der Waals surface area contributed by atoms with Gasteiger partial charge in [-0.2, -0.15) is 0 Å². The van der Waals surface area contributed by atoms with Crippen LogP contribution in [0, 0.1) is 0 Å². The molecule has 0 bridgehead atoms. The van der Waals surface area contributed by atoms with Gasteiger partial charge in [0, 0.05) is 23.6 Å². The highest BCUT2D eigenvalue weighted by atomic mass is 35.5. The van der Waals surface area contributed by atoms with E-state index in [1.807, 2.05) is 42.5 Å². The third-order valence-corrected chi connectivity index (χ3v) is 5.65. The molecule has 3 aromatic carbocycles. The van der Waals surface area contributed by atoms with Gasteiger partial charge in [-0.25, -0.2) is 4.98 Å². The second kappa shape index (κ2) is 7.56. The first-order valence-corrected chi connectivity index (χ1v) is 10.1. The Morgan fingerprint density at radius 3 is 2.53 bits per heavy atom. The van der Waals surface area contributed by atoms with Crippen molar-refractivity contribution < 1.29 is 4.79 Å². The average molecular weight is 432 g/mol. The van der Waals surface area contributed by atoms with E-state index >= 15 is 0 Å². The van der Waals surface area contributed by atoms with Crippen molar-refractivity contribution in [3.63, 3.8) is 0 Å². The zero-order chi connectivity index (χ0) is 20.7. The van der Waals surface area contributed by atoms with E-state index in [1.54, 1.807) is 30.5 Å². The van der Waals surface area contributed by atoms with E-state index < -0.39 is 0 Å². The van der Waals surface area contributed by atoms with Crippen LogP contribution in [0.5, 0.6) is 0 Å². The topological polar surface area (TPSA) is 58.6 Å². The maximum Gasteiger partial charge on any atom is 0.167 e. The smallest absolute Gasteiger partial charge is 0.167 e. The van der Waals surface area contributed by atoms with Crippen molar-refractivity contribution in [1.29, 1.82) is 0 Å². The lowest BCUT2D eigenvalue weighted by molar-refractivity contribution is 0.0993. The Hall–Kier alpha value is -3.21. The van der Waals surface area contributed by atoms with Gasteiger partial charge < -0.3 is 4.98 Å². The third-order valence-electron chi connectivity index (χ3n) is 5.02. The summed E-state index contributed by atoms with van der Waals surface area (Å²) in [5.41, 5.74) is 4.54. The molecule has 0 unspecified atom stereocenters. The number of pyridine rings is 1. The minimum atomic E-state index is 0.0147. The number of halogens is 2. The normalized spacial score (nSPS) is 11.3. The molecule has 0 fully saturated rings. The number of benzene rings is 3. The molecule has 0 atom stereocenters. The molecular weight excluding hydrogens is 417 g/mol. The summed E-state index contributed by atoms with van der Waals surface area (Å²) < 4.78 is 0. The Kier molecular flexibility index (Phi) is 4.74. The molecule has 0 aliphatic carbocycles. The van der Waals surface area contributed by atoms with E-state index in [0.717, 1.165) is 27.5 Å². The summed E-state index contributed by atoms with van der Waals surface area (Å²) in [4.78, 5) is 25.1. The van der Waals surface area contributed by atoms with Gasteiger partial charge in [-0.1, -0.05) is 47.5 Å². The van der Waals surface area contributed by atoms with Crippen LogP contribution >= 0.6 is 23.2 Å². The Balaban J connectivity index is 1.46. The molecule has 0 radical (unpaired) electrons. The number of carbonyl (C=O) groups excluding carboxylic acids is 1. The molecule has 0 aliphatic rings. The van der Waals surface area contributed by atoms with Crippen LogP contribution in [0.2, 0.25) is 10.0 Å². The van der Waals surface area contributed by atoms with Crippen molar-refractivity contribution in [1.82, 2.24) is 15.0 Å². The number of rotatable bonds is 4. The van der Waals surface area contributed by atoms with Crippen LogP contribution in [0.1, 0.15) is 15.9 Å². The van der Waals surface area contributed by atoms with E-state index in [-0.39, 0.29) is 12.2 Å². The molecule has 0 saturated heterocycles. The van der Waals surface area contributed by atoms with Crippen molar-refractivity contribution >= 4 is 50.9 Å². The number of imidazole rings is 1. The number of nitrogens with one attached hydrogen (secondary N) is 1. The van der Waals surface area contributed by atoms with Crippen LogP contribution in [-0.2, 0) is 6.42 Å². The van der Waals surface area contributed by atoms with Crippen LogP contribution in [0.3, 0.4) is 0 Å². The van der Waals surface area contributed by atoms with Crippen LogP contribution in [-0.4, -0.2) is 20.7 Å². The summed E-state index contributed by atoms with van der Waals surface area (Å²) in [7, 11) is 0. The van der Waals surface area contributed by atoms with Gasteiger partial charge in [0.15, 0.2) is 5.78 Å². The fourth-order valence-electron chi connectivity index (χ4n) is 3.53. The maximum atomic E-state index is 12.9. The molecule has 2 heterocycles. The first-order chi connectivity index (χ1) is 14.6. The van der Waals surface area contributed by atoms with Crippen molar-refractivity contribution in [2.45, 2.75) is 6.42 Å². The standard InChI is InChI=1S/C24H15Cl2N3O/c25-17-5-3-6-18(26)23(17)24-28-20-9-8-16(12-21(20)29-24)22(30)11-14-10-15-4-1-2-7-19(15)27-13-14/h1-10,12-13H,11H2,(H,28,29). The number of aromatic nitrogens is 3. The quantitative estimate of drug-likeness (QED) is 0.330. The molecule has 5 rings (SSSR count). The summed E-state index contributed by atoms with van der Waals surface area (Å²) in [6.07, 6.45) is 2.03. The van der Waals surface area contributed by atoms with Crippen molar-refractivity contribution in [3.05, 3.63) is 94.1 Å². The van der Waals surface area contributed by atoms with Crippen molar-refractivity contribution in [2.24, 2.45) is 0 Å². The van der Waals surface area contributed by atoms with Crippen molar-refractivity contribution in [3.8, 4) is 11.4 Å². The lowest BCUT2D eigenvalue weighted by Crippen LogP contribution is -2.04. The molecule has 4 nitrogen and oxygen atoms in total. The van der Waals surface area contributed by atoms with E-state index in [9.17, 15) is 4.79 Å². The highest BCUT2D eigenvalue weighted by Crippen LogP contribution is 2.34. The minimum Gasteiger partial charge on any atom is -0.338 e. The Morgan fingerprint density at radius 1 is 0.900 bits per heavy atom. The van der Waals surface area contributed by atoms with Crippen LogP contribution < -0.4 is 0 Å². The number of nitrogens with zero attached hydrogens (tertiary/aromatic N) is 2. The minimum absolute atomic E-state index is 0.0147. The Bertz CT molecular complexity index is 1400. The summed E-state index contributed by atoms with van der Waals surface area (Å²) in [6, 6.07) is 20.6. The molecule has 30 heavy (non-hydrogen) atoms. The second-order valence-electron chi connectivity index (χ2n) is 7.05. The largest absolute Gasteiger partial charge is 0.338 e. The summed E-state index contributed by atoms with van der Waals surface area (Å²) >= 11 is 12.6. The van der Waals surface area contributed by atoms with E-state index in [0.29, 0.717) is 27.0 Å². The molecule has 5 aromatic rings. The number of hydrogen-bond acceptors (Lipinski definition) is 3. The van der Waals surface area contributed by atoms with Gasteiger partial charge in [0.05, 0.1) is 32.2 Å². The Labute approximate surface area is 182 Å². The number of hydrogen-bond donors (Lipinski definition) is 1. The van der Waals surface area contributed by atoms with Crippen LogP contribution in [0.4, 0.5) is 0 Å². The fraction of sp³-hybridized carbons (Fsp3) is 0.0417. The van der Waals surface area contributed by atoms with Gasteiger partial charge in [-0.3, -0.25) is 9.78 Å². The molecule has 1 N–H and O–H groups in total. The SMILES string of the molecule is O=C(Cc1cnc2ccccc2c1)c1ccc2nc(-c3c(Cl)cccc3Cl)[nH]c2c1. The summed E-state index contributed by atoms with van der Waals surface area (Å²) in [5.74, 6) is 0.588. The molecule has 146 valence electrons. The number of carbonyl (C=O) groups is 1. The zero-order valence-electron chi connectivity index (χ0n) is 15.7. The number of aromatic amines is 1. The van der Waals surface area contributed by atoms with Gasteiger partial charge >= 0.3 is 0 Å². The molecule has 6 heteroatoms. The van der Waals surface area contributed by atoms with E-state index in [1.165, 1.54) is 0 Å². The highest BCUT2D eigenvalue weighted by molar-refractivity contribution is 6.39. The molecule has 0 spiro atoms. The summed E-state index contributed by atoms with van der Waals surface area (Å²) in [5, 5.41) is 2.05. The molecular formula is C24H15Cl2N3O. The van der Waals surface area contributed by atoms with Crippen molar-refractivity contribution in [2.75, 3.05) is 0 Å². The number of ketones is 1. The maximum absolute atomic E-state index is 12.9. The van der Waals surface area contributed by atoms with Gasteiger partial charge in [-0.15, -0.1) is 0 Å². The Morgan fingerprint density at radius 2 is 1.70 bits per heavy atom. The zero-order valence-corrected chi connectivity index (χ0v) is 17.2. The second-order valence-corrected chi connectivity index (χ2v) is 7.86. The number of para-hydroxylation sites is 1. The van der Waals surface area contributed by atoms with Crippen LogP contribution in [0.25, 0.3) is 33.3 Å². The first kappa shape index (κ1) is 18.8.